The summed E-state index contributed by atoms with van der Waals surface area (Å²) in [6.45, 7) is 0.356. The second kappa shape index (κ2) is 5.47. The van der Waals surface area contributed by atoms with Crippen LogP contribution < -0.4 is 11.5 Å². The lowest BCUT2D eigenvalue weighted by atomic mass is 10.1. The van der Waals surface area contributed by atoms with E-state index in [0.29, 0.717) is 17.8 Å². The molecule has 78 valence electrons. The molecule has 0 aliphatic carbocycles. The quantitative estimate of drug-likeness (QED) is 0.570. The van der Waals surface area contributed by atoms with Gasteiger partial charge in [0.05, 0.1) is 12.7 Å². The fraction of sp³-hybridized carbons (Fsp3) is 0.222. The molecule has 1 aromatic rings. The number of methoxy groups -OCH3 is 1. The van der Waals surface area contributed by atoms with Crippen LogP contribution in [0.25, 0.3) is 0 Å². The molecule has 14 heavy (non-hydrogen) atoms. The Morgan fingerprint density at radius 2 is 2.07 bits per heavy atom. The summed E-state index contributed by atoms with van der Waals surface area (Å²) in [4.78, 5) is 11.1. The van der Waals surface area contributed by atoms with E-state index in [4.69, 9.17) is 11.5 Å². The summed E-state index contributed by atoms with van der Waals surface area (Å²) in [6.07, 6.45) is 0. The summed E-state index contributed by atoms with van der Waals surface area (Å²) in [5, 5.41) is 0. The molecule has 5 heteroatoms. The normalized spacial score (nSPS) is 9.00. The van der Waals surface area contributed by atoms with Gasteiger partial charge in [0.1, 0.15) is 0 Å². The molecule has 0 bridgehead atoms. The summed E-state index contributed by atoms with van der Waals surface area (Å²) >= 11 is 0. The Morgan fingerprint density at radius 3 is 2.57 bits per heavy atom. The lowest BCUT2D eigenvalue weighted by Gasteiger charge is -2.03. The standard InChI is InChI=1S/C9H12N2O2.ClH/c1-13-9(12)7-2-6(5-10)3-8(11)4-7;/h2-4H,5,10-11H2,1H3;1H. The van der Waals surface area contributed by atoms with Crippen molar-refractivity contribution in [3.8, 4) is 0 Å². The molecule has 0 aliphatic rings. The van der Waals surface area contributed by atoms with E-state index in [9.17, 15) is 4.79 Å². The number of hydrogen-bond acceptors (Lipinski definition) is 4. The fourth-order valence-electron chi connectivity index (χ4n) is 1.07. The Bertz CT molecular complexity index is 329. The number of anilines is 1. The van der Waals surface area contributed by atoms with E-state index in [1.807, 2.05) is 0 Å². The van der Waals surface area contributed by atoms with Gasteiger partial charge in [-0.2, -0.15) is 0 Å². The topological polar surface area (TPSA) is 78.3 Å². The molecule has 0 aromatic heterocycles. The van der Waals surface area contributed by atoms with Crippen molar-refractivity contribution in [3.05, 3.63) is 29.3 Å². The first-order chi connectivity index (χ1) is 6.17. The average Bonchev–Trinajstić information content (AvgIpc) is 2.15. The zero-order chi connectivity index (χ0) is 9.84. The summed E-state index contributed by atoms with van der Waals surface area (Å²) in [5.74, 6) is -0.401. The van der Waals surface area contributed by atoms with Crippen molar-refractivity contribution in [2.24, 2.45) is 5.73 Å². The Kier molecular flexibility index (Phi) is 4.97. The molecule has 0 aliphatic heterocycles. The molecule has 0 saturated carbocycles. The van der Waals surface area contributed by atoms with Crippen LogP contribution in [0.4, 0.5) is 5.69 Å². The number of benzene rings is 1. The zero-order valence-corrected chi connectivity index (χ0v) is 8.64. The lowest BCUT2D eigenvalue weighted by molar-refractivity contribution is 0.0600. The van der Waals surface area contributed by atoms with Gasteiger partial charge < -0.3 is 16.2 Å². The minimum atomic E-state index is -0.401. The third-order valence-corrected chi connectivity index (χ3v) is 1.67. The number of ether oxygens (including phenoxy) is 1. The van der Waals surface area contributed by atoms with Crippen LogP contribution in [0.15, 0.2) is 18.2 Å². The Hall–Kier alpha value is -1.26. The number of carbonyl (C=O) groups excluding carboxylic acids is 1. The van der Waals surface area contributed by atoms with Gasteiger partial charge in [0.25, 0.3) is 0 Å². The second-order valence-corrected chi connectivity index (χ2v) is 2.66. The van der Waals surface area contributed by atoms with Gasteiger partial charge in [-0.3, -0.25) is 0 Å². The molecule has 0 heterocycles. The molecule has 0 amide bonds. The van der Waals surface area contributed by atoms with Gasteiger partial charge in [-0.25, -0.2) is 4.79 Å². The predicted molar refractivity (Wildman–Crippen MR) is 57.3 cm³/mol. The van der Waals surface area contributed by atoms with Crippen LogP contribution in [0, 0.1) is 0 Å². The zero-order valence-electron chi connectivity index (χ0n) is 7.82. The highest BCUT2D eigenvalue weighted by Crippen LogP contribution is 2.12. The molecule has 4 nitrogen and oxygen atoms in total. The highest BCUT2D eigenvalue weighted by molar-refractivity contribution is 5.90. The van der Waals surface area contributed by atoms with E-state index in [1.165, 1.54) is 7.11 Å². The van der Waals surface area contributed by atoms with E-state index in [-0.39, 0.29) is 12.4 Å². The molecule has 1 rings (SSSR count). The van der Waals surface area contributed by atoms with Crippen LogP contribution in [-0.2, 0) is 11.3 Å². The van der Waals surface area contributed by atoms with Gasteiger partial charge in [-0.05, 0) is 23.8 Å². The predicted octanol–water partition coefficient (Wildman–Crippen LogP) is 0.936. The molecular weight excluding hydrogens is 204 g/mol. The molecule has 0 saturated heterocycles. The Balaban J connectivity index is 0.00000169. The maximum atomic E-state index is 11.1. The minimum absolute atomic E-state index is 0. The van der Waals surface area contributed by atoms with Crippen LogP contribution >= 0.6 is 12.4 Å². The Labute approximate surface area is 88.6 Å². The maximum Gasteiger partial charge on any atom is 0.337 e. The van der Waals surface area contributed by atoms with E-state index >= 15 is 0 Å². The first kappa shape index (κ1) is 12.7. The average molecular weight is 217 g/mol. The van der Waals surface area contributed by atoms with Crippen molar-refractivity contribution in [3.63, 3.8) is 0 Å². The van der Waals surface area contributed by atoms with Crippen LogP contribution in [-0.4, -0.2) is 13.1 Å². The molecule has 0 unspecified atom stereocenters. The van der Waals surface area contributed by atoms with E-state index < -0.39 is 5.97 Å². The number of hydrogen-bond donors (Lipinski definition) is 2. The number of rotatable bonds is 2. The maximum absolute atomic E-state index is 11.1. The summed E-state index contributed by atoms with van der Waals surface area (Å²) in [5.41, 5.74) is 12.8. The third kappa shape index (κ3) is 2.90. The monoisotopic (exact) mass is 216 g/mol. The summed E-state index contributed by atoms with van der Waals surface area (Å²) in [6, 6.07) is 4.96. The van der Waals surface area contributed by atoms with Crippen LogP contribution in [0.5, 0.6) is 0 Å². The van der Waals surface area contributed by atoms with Crippen molar-refractivity contribution in [1.29, 1.82) is 0 Å². The smallest absolute Gasteiger partial charge is 0.337 e. The van der Waals surface area contributed by atoms with E-state index in [1.54, 1.807) is 18.2 Å². The molecule has 0 spiro atoms. The van der Waals surface area contributed by atoms with Crippen LogP contribution in [0.2, 0.25) is 0 Å². The molecule has 0 fully saturated rings. The first-order valence-electron chi connectivity index (χ1n) is 3.85. The first-order valence-corrected chi connectivity index (χ1v) is 3.85. The van der Waals surface area contributed by atoms with E-state index in [2.05, 4.69) is 4.74 Å². The molecule has 0 radical (unpaired) electrons. The second-order valence-electron chi connectivity index (χ2n) is 2.66. The molecular formula is C9H13ClN2O2. The van der Waals surface area contributed by atoms with Gasteiger partial charge in [0.2, 0.25) is 0 Å². The van der Waals surface area contributed by atoms with Crippen LogP contribution in [0.1, 0.15) is 15.9 Å². The van der Waals surface area contributed by atoms with Crippen LogP contribution in [0.3, 0.4) is 0 Å². The molecule has 4 N–H and O–H groups in total. The Morgan fingerprint density at radius 1 is 1.43 bits per heavy atom. The fourth-order valence-corrected chi connectivity index (χ4v) is 1.07. The van der Waals surface area contributed by atoms with Gasteiger partial charge in [0, 0.05) is 12.2 Å². The SMILES string of the molecule is COC(=O)c1cc(N)cc(CN)c1.Cl. The highest BCUT2D eigenvalue weighted by Gasteiger charge is 2.06. The number of carbonyl (C=O) groups is 1. The number of nitrogen functional groups attached to an aromatic ring is 1. The van der Waals surface area contributed by atoms with Gasteiger partial charge in [0.15, 0.2) is 0 Å². The van der Waals surface area contributed by atoms with Crippen molar-refractivity contribution < 1.29 is 9.53 Å². The van der Waals surface area contributed by atoms with Gasteiger partial charge in [-0.1, -0.05) is 0 Å². The van der Waals surface area contributed by atoms with E-state index in [0.717, 1.165) is 5.56 Å². The summed E-state index contributed by atoms with van der Waals surface area (Å²) < 4.78 is 4.56. The van der Waals surface area contributed by atoms with Crippen molar-refractivity contribution in [2.75, 3.05) is 12.8 Å². The lowest BCUT2D eigenvalue weighted by Crippen LogP contribution is -2.05. The largest absolute Gasteiger partial charge is 0.465 e. The third-order valence-electron chi connectivity index (χ3n) is 1.67. The molecule has 1 aromatic carbocycles. The molecule has 0 atom stereocenters. The van der Waals surface area contributed by atoms with Crippen molar-refractivity contribution in [1.82, 2.24) is 0 Å². The highest BCUT2D eigenvalue weighted by atomic mass is 35.5. The number of nitrogens with two attached hydrogens (primary N) is 2. The number of esters is 1. The van der Waals surface area contributed by atoms with Crippen molar-refractivity contribution >= 4 is 24.1 Å². The summed E-state index contributed by atoms with van der Waals surface area (Å²) in [7, 11) is 1.33. The number of halogens is 1. The van der Waals surface area contributed by atoms with Crippen molar-refractivity contribution in [2.45, 2.75) is 6.54 Å². The van der Waals surface area contributed by atoms with Gasteiger partial charge in [-0.15, -0.1) is 12.4 Å². The minimum Gasteiger partial charge on any atom is -0.465 e. The van der Waals surface area contributed by atoms with Gasteiger partial charge >= 0.3 is 5.97 Å².